The standard InChI is InChI=1S/C23H21ClN4O5S/c24-14-11-34-22-17(21(31)28(22)18(14)23(32)33)27-20(30)16(13-9-5-2-6-10-13)26-19(29)15(25)12-7-3-1-4-8-12/h1-10,15-17,22H,11,25H2,(H,26,29)(H,27,30)(H,32,33)/t15-,16-,17-,22-/m1/s1. The van der Waals surface area contributed by atoms with E-state index in [0.717, 1.165) is 4.90 Å². The number of rotatable bonds is 7. The van der Waals surface area contributed by atoms with E-state index in [1.165, 1.54) is 11.8 Å². The second kappa shape index (κ2) is 9.88. The van der Waals surface area contributed by atoms with Crippen molar-refractivity contribution in [3.63, 3.8) is 0 Å². The van der Waals surface area contributed by atoms with Gasteiger partial charge < -0.3 is 21.5 Å². The van der Waals surface area contributed by atoms with E-state index in [1.54, 1.807) is 60.7 Å². The molecule has 2 heterocycles. The van der Waals surface area contributed by atoms with Crippen molar-refractivity contribution >= 4 is 47.1 Å². The summed E-state index contributed by atoms with van der Waals surface area (Å²) in [6.07, 6.45) is 0. The van der Waals surface area contributed by atoms with Crippen LogP contribution in [0.5, 0.6) is 0 Å². The fraction of sp³-hybridized carbons (Fsp3) is 0.217. The number of nitrogens with zero attached hydrogens (tertiary/aromatic N) is 1. The van der Waals surface area contributed by atoms with Crippen LogP contribution in [0.3, 0.4) is 0 Å². The second-order valence-electron chi connectivity index (χ2n) is 7.70. The number of halogens is 1. The van der Waals surface area contributed by atoms with E-state index in [0.29, 0.717) is 11.1 Å². The van der Waals surface area contributed by atoms with Gasteiger partial charge in [-0.05, 0) is 11.1 Å². The van der Waals surface area contributed by atoms with Crippen LogP contribution >= 0.6 is 23.4 Å². The fourth-order valence-corrected chi connectivity index (χ4v) is 5.36. The van der Waals surface area contributed by atoms with Crippen molar-refractivity contribution in [1.82, 2.24) is 15.5 Å². The molecule has 0 spiro atoms. The number of carbonyl (C=O) groups is 4. The number of fused-ring (bicyclic) bond motifs is 1. The topological polar surface area (TPSA) is 142 Å². The highest BCUT2D eigenvalue weighted by atomic mass is 35.5. The van der Waals surface area contributed by atoms with Crippen molar-refractivity contribution in [1.29, 1.82) is 0 Å². The molecule has 9 nitrogen and oxygen atoms in total. The summed E-state index contributed by atoms with van der Waals surface area (Å²) in [6, 6.07) is 14.2. The molecule has 1 saturated heterocycles. The minimum atomic E-state index is -1.31. The molecule has 2 aromatic rings. The van der Waals surface area contributed by atoms with E-state index >= 15 is 0 Å². The minimum absolute atomic E-state index is 0.0659. The summed E-state index contributed by atoms with van der Waals surface area (Å²) in [5.41, 5.74) is 6.90. The Morgan fingerprint density at radius 2 is 1.62 bits per heavy atom. The van der Waals surface area contributed by atoms with Gasteiger partial charge in [-0.1, -0.05) is 72.3 Å². The molecular weight excluding hydrogens is 480 g/mol. The van der Waals surface area contributed by atoms with E-state index in [4.69, 9.17) is 17.3 Å². The van der Waals surface area contributed by atoms with Gasteiger partial charge in [0.25, 0.3) is 5.91 Å². The third kappa shape index (κ3) is 4.52. The molecule has 176 valence electrons. The number of carboxylic acids is 1. The molecule has 0 saturated carbocycles. The lowest BCUT2D eigenvalue weighted by atomic mass is 10.0. The number of thioether (sulfide) groups is 1. The van der Waals surface area contributed by atoms with Gasteiger partial charge in [0, 0.05) is 5.75 Å². The van der Waals surface area contributed by atoms with E-state index < -0.39 is 47.2 Å². The number of carboxylic acid groups (broad SMARTS) is 1. The highest BCUT2D eigenvalue weighted by molar-refractivity contribution is 8.00. The first kappa shape index (κ1) is 23.8. The van der Waals surface area contributed by atoms with Crippen LogP contribution in [0.4, 0.5) is 0 Å². The molecule has 3 amide bonds. The molecular formula is C23H21ClN4O5S. The Balaban J connectivity index is 1.52. The molecule has 2 aliphatic heterocycles. The van der Waals surface area contributed by atoms with E-state index in [9.17, 15) is 24.3 Å². The quantitative estimate of drug-likeness (QED) is 0.422. The molecule has 4 rings (SSSR count). The Hall–Kier alpha value is -3.34. The highest BCUT2D eigenvalue weighted by Crippen LogP contribution is 2.41. The molecule has 34 heavy (non-hydrogen) atoms. The van der Waals surface area contributed by atoms with Crippen molar-refractivity contribution in [2.24, 2.45) is 5.73 Å². The molecule has 0 aromatic heterocycles. The van der Waals surface area contributed by atoms with Gasteiger partial charge in [-0.3, -0.25) is 19.3 Å². The molecule has 4 atom stereocenters. The van der Waals surface area contributed by atoms with Crippen LogP contribution in [0.1, 0.15) is 23.2 Å². The zero-order chi connectivity index (χ0) is 24.4. The number of hydrogen-bond acceptors (Lipinski definition) is 6. The predicted molar refractivity (Wildman–Crippen MR) is 126 cm³/mol. The van der Waals surface area contributed by atoms with E-state index in [2.05, 4.69) is 10.6 Å². The van der Waals surface area contributed by atoms with E-state index in [1.807, 2.05) is 0 Å². The maximum absolute atomic E-state index is 13.2. The lowest BCUT2D eigenvalue weighted by molar-refractivity contribution is -0.151. The third-order valence-electron chi connectivity index (χ3n) is 5.54. The largest absolute Gasteiger partial charge is 0.477 e. The Kier molecular flexibility index (Phi) is 6.92. The fourth-order valence-electron chi connectivity index (χ4n) is 3.81. The van der Waals surface area contributed by atoms with Gasteiger partial charge in [0.15, 0.2) is 0 Å². The van der Waals surface area contributed by atoms with Crippen LogP contribution in [0.2, 0.25) is 0 Å². The number of hydrogen-bond donors (Lipinski definition) is 4. The summed E-state index contributed by atoms with van der Waals surface area (Å²) in [6.45, 7) is 0. The van der Waals surface area contributed by atoms with Gasteiger partial charge in [0.1, 0.15) is 29.2 Å². The number of nitrogens with one attached hydrogen (secondary N) is 2. The van der Waals surface area contributed by atoms with Gasteiger partial charge in [-0.15, -0.1) is 11.8 Å². The van der Waals surface area contributed by atoms with Crippen molar-refractivity contribution < 1.29 is 24.3 Å². The summed E-state index contributed by atoms with van der Waals surface area (Å²) in [5.74, 6) is -2.87. The second-order valence-corrected chi connectivity index (χ2v) is 9.26. The van der Waals surface area contributed by atoms with Gasteiger partial charge >= 0.3 is 5.97 Å². The zero-order valence-corrected chi connectivity index (χ0v) is 19.3. The smallest absolute Gasteiger partial charge is 0.353 e. The van der Waals surface area contributed by atoms with Crippen molar-refractivity contribution in [3.05, 3.63) is 82.5 Å². The molecule has 11 heteroatoms. The third-order valence-corrected chi connectivity index (χ3v) is 7.30. The summed E-state index contributed by atoms with van der Waals surface area (Å²) in [4.78, 5) is 51.4. The van der Waals surface area contributed by atoms with Crippen LogP contribution in [0.25, 0.3) is 0 Å². The average molecular weight is 501 g/mol. The molecule has 0 radical (unpaired) electrons. The first-order chi connectivity index (χ1) is 16.3. The average Bonchev–Trinajstić information content (AvgIpc) is 2.85. The van der Waals surface area contributed by atoms with Crippen LogP contribution < -0.4 is 16.4 Å². The van der Waals surface area contributed by atoms with Gasteiger partial charge in [0.2, 0.25) is 11.8 Å². The zero-order valence-electron chi connectivity index (χ0n) is 17.7. The number of nitrogens with two attached hydrogens (primary N) is 1. The molecule has 1 fully saturated rings. The Bertz CT molecular complexity index is 1160. The molecule has 0 aliphatic carbocycles. The molecule has 2 aliphatic rings. The van der Waals surface area contributed by atoms with Crippen LogP contribution in [0.15, 0.2) is 71.4 Å². The first-order valence-electron chi connectivity index (χ1n) is 10.3. The Labute approximate surface area is 204 Å². The first-order valence-corrected chi connectivity index (χ1v) is 11.7. The highest BCUT2D eigenvalue weighted by Gasteiger charge is 2.54. The molecule has 0 bridgehead atoms. The number of aliphatic carboxylic acids is 1. The maximum atomic E-state index is 13.2. The minimum Gasteiger partial charge on any atom is -0.477 e. The summed E-state index contributed by atoms with van der Waals surface area (Å²) in [7, 11) is 0. The lowest BCUT2D eigenvalue weighted by Gasteiger charge is -2.49. The van der Waals surface area contributed by atoms with Crippen LogP contribution in [-0.2, 0) is 19.2 Å². The molecule has 5 N–H and O–H groups in total. The summed E-state index contributed by atoms with van der Waals surface area (Å²) >= 11 is 7.25. The monoisotopic (exact) mass is 500 g/mol. The van der Waals surface area contributed by atoms with Gasteiger partial charge in [0.05, 0.1) is 5.03 Å². The van der Waals surface area contributed by atoms with Crippen LogP contribution in [0, 0.1) is 0 Å². The predicted octanol–water partition coefficient (Wildman–Crippen LogP) is 1.48. The van der Waals surface area contributed by atoms with Crippen LogP contribution in [-0.4, -0.2) is 50.9 Å². The van der Waals surface area contributed by atoms with Crippen molar-refractivity contribution in [2.45, 2.75) is 23.5 Å². The maximum Gasteiger partial charge on any atom is 0.353 e. The number of benzene rings is 2. The SMILES string of the molecule is N[C@@H](C(=O)N[C@@H](C(=O)N[C@@H]1C(=O)N2C(C(=O)O)=C(Cl)CS[C@H]12)c1ccccc1)c1ccccc1. The van der Waals surface area contributed by atoms with Crippen molar-refractivity contribution in [3.8, 4) is 0 Å². The normalized spacial score (nSPS) is 21.1. The summed E-state index contributed by atoms with van der Waals surface area (Å²) < 4.78 is 0. The lowest BCUT2D eigenvalue weighted by Crippen LogP contribution is -2.71. The van der Waals surface area contributed by atoms with Gasteiger partial charge in [-0.2, -0.15) is 0 Å². The van der Waals surface area contributed by atoms with E-state index in [-0.39, 0.29) is 16.5 Å². The van der Waals surface area contributed by atoms with Crippen molar-refractivity contribution in [2.75, 3.05) is 5.75 Å². The number of carbonyl (C=O) groups excluding carboxylic acids is 3. The molecule has 2 aromatic carbocycles. The number of amides is 3. The Morgan fingerprint density at radius 3 is 2.21 bits per heavy atom. The molecule has 0 unspecified atom stereocenters. The summed E-state index contributed by atoms with van der Waals surface area (Å²) in [5, 5.41) is 14.2. The van der Waals surface area contributed by atoms with Gasteiger partial charge in [-0.25, -0.2) is 4.79 Å². The number of β-lactam (4-membered cyclic amide) rings is 1. The Morgan fingerprint density at radius 1 is 1.03 bits per heavy atom.